The lowest BCUT2D eigenvalue weighted by molar-refractivity contribution is -0.137. The molecule has 0 bridgehead atoms. The summed E-state index contributed by atoms with van der Waals surface area (Å²) in [5, 5.41) is 15.3. The smallest absolute Gasteiger partial charge is 0.416 e. The number of alkyl halides is 3. The van der Waals surface area contributed by atoms with Crippen molar-refractivity contribution in [2.75, 3.05) is 43.6 Å². The molecule has 2 unspecified atom stereocenters. The van der Waals surface area contributed by atoms with Gasteiger partial charge in [-0.15, -0.1) is 0 Å². The van der Waals surface area contributed by atoms with E-state index < -0.39 is 17.8 Å². The number of nitrogens with zero attached hydrogens (tertiary/aromatic N) is 5. The first-order chi connectivity index (χ1) is 32.8. The van der Waals surface area contributed by atoms with Crippen LogP contribution in [0.3, 0.4) is 0 Å². The third-order valence-corrected chi connectivity index (χ3v) is 13.1. The number of fused-ring (bicyclic) bond motifs is 2. The van der Waals surface area contributed by atoms with Crippen molar-refractivity contribution in [2.45, 2.75) is 69.2 Å². The maximum atomic E-state index is 13.3. The van der Waals surface area contributed by atoms with Crippen LogP contribution in [0.2, 0.25) is 10.0 Å². The Hall–Kier alpha value is -6.72. The van der Waals surface area contributed by atoms with Crippen LogP contribution in [0.5, 0.6) is 11.5 Å². The molecule has 6 aromatic rings. The van der Waals surface area contributed by atoms with Crippen molar-refractivity contribution in [3.05, 3.63) is 152 Å². The number of anilines is 2. The fraction of sp³-hybridized carbons (Fsp3) is 0.327. The molecule has 0 radical (unpaired) electrons. The van der Waals surface area contributed by atoms with Gasteiger partial charge in [0.25, 0.3) is 5.91 Å². The second-order valence-corrected chi connectivity index (χ2v) is 17.9. The molecule has 2 N–H and O–H groups in total. The van der Waals surface area contributed by atoms with Crippen molar-refractivity contribution in [2.24, 2.45) is 0 Å². The topological polar surface area (TPSA) is 156 Å². The molecule has 4 aliphatic heterocycles. The van der Waals surface area contributed by atoms with E-state index in [2.05, 4.69) is 20.9 Å². The summed E-state index contributed by atoms with van der Waals surface area (Å²) in [7, 11) is 1.69. The number of carbonyl (C=O) groups is 3. The summed E-state index contributed by atoms with van der Waals surface area (Å²) in [6.07, 6.45) is 3.84. The molecule has 2 fully saturated rings. The first-order valence-electron chi connectivity index (χ1n) is 22.2. The number of urea groups is 2. The van der Waals surface area contributed by atoms with Gasteiger partial charge in [-0.05, 0) is 91.4 Å². The lowest BCUT2D eigenvalue weighted by Crippen LogP contribution is -2.42. The number of hydrogen-bond donors (Lipinski definition) is 2. The zero-order valence-electron chi connectivity index (χ0n) is 36.7. The number of halogens is 5. The van der Waals surface area contributed by atoms with Crippen molar-refractivity contribution in [3.63, 3.8) is 0 Å². The number of ether oxygens (including phenoxy) is 2. The molecule has 4 aromatic carbocycles. The Bertz CT molecular complexity index is 2790. The Balaban J connectivity index is 0.000000170. The van der Waals surface area contributed by atoms with Crippen LogP contribution < -0.4 is 25.0 Å². The van der Waals surface area contributed by atoms with Gasteiger partial charge in [-0.3, -0.25) is 4.79 Å². The molecule has 2 aromatic heterocycles. The van der Waals surface area contributed by atoms with E-state index in [0.717, 1.165) is 60.1 Å². The average molecular weight is 973 g/mol. The standard InChI is InChI=1S/C25H23ClF3N3O3.C24H23ClN4O4/c26-18-6-3-15(4-7-18)12-16-14-30-35-23(16)21-2-1-10-32(21)24(33)31-20-9-11-34-22-13-17(25(27,28)29)5-8-19(20)22;1-28-20-12-18(8-9-21(20)32-14-22(28)30)27-24(31)29-10-2-3-19(29)23-16(13-26-33-23)11-15-4-6-17(25)7-5-15/h3-8,13-14,20-21H,1-2,9-12H2,(H,31,33);4-9,12-13,19H,2-3,10-11,14H2,1H3,(H,27,31)/t20-,21?;/m0./s1. The second-order valence-electron chi connectivity index (χ2n) is 17.0. The van der Waals surface area contributed by atoms with E-state index in [9.17, 15) is 27.6 Å². The maximum absolute atomic E-state index is 13.3. The monoisotopic (exact) mass is 971 g/mol. The average Bonchev–Trinajstić information content (AvgIpc) is 4.18. The van der Waals surface area contributed by atoms with Crippen molar-refractivity contribution in [1.82, 2.24) is 25.4 Å². The van der Waals surface area contributed by atoms with Crippen LogP contribution in [0, 0.1) is 0 Å². The zero-order valence-corrected chi connectivity index (χ0v) is 38.2. The zero-order chi connectivity index (χ0) is 47.5. The Morgan fingerprint density at radius 3 is 1.91 bits per heavy atom. The molecule has 10 rings (SSSR count). The third kappa shape index (κ3) is 10.2. The largest absolute Gasteiger partial charge is 0.493 e. The predicted octanol–water partition coefficient (Wildman–Crippen LogP) is 11.0. The van der Waals surface area contributed by atoms with Gasteiger partial charge in [0.2, 0.25) is 0 Å². The number of aromatic nitrogens is 2. The molecule has 6 heterocycles. The summed E-state index contributed by atoms with van der Waals surface area (Å²) >= 11 is 12.0. The van der Waals surface area contributed by atoms with Gasteiger partial charge in [-0.2, -0.15) is 13.2 Å². The van der Waals surface area contributed by atoms with Gasteiger partial charge in [0.15, 0.2) is 18.1 Å². The molecule has 3 atom stereocenters. The molecule has 14 nitrogen and oxygen atoms in total. The summed E-state index contributed by atoms with van der Waals surface area (Å²) in [6.45, 7) is 1.39. The number of hydrogen-bond acceptors (Lipinski definition) is 9. The predicted molar refractivity (Wildman–Crippen MR) is 246 cm³/mol. The molecular formula is C49H46Cl2F3N7O7. The lowest BCUT2D eigenvalue weighted by atomic mass is 9.98. The highest BCUT2D eigenvalue weighted by atomic mass is 35.5. The second kappa shape index (κ2) is 19.9. The van der Waals surface area contributed by atoms with E-state index in [4.69, 9.17) is 41.7 Å². The fourth-order valence-electron chi connectivity index (χ4n) is 9.06. The van der Waals surface area contributed by atoms with Gasteiger partial charge >= 0.3 is 18.2 Å². The molecule has 5 amide bonds. The molecule has 19 heteroatoms. The highest BCUT2D eigenvalue weighted by Crippen LogP contribution is 2.41. The Labute approximate surface area is 399 Å². The van der Waals surface area contributed by atoms with E-state index in [1.165, 1.54) is 11.0 Å². The molecule has 354 valence electrons. The van der Waals surface area contributed by atoms with Gasteiger partial charge < -0.3 is 43.9 Å². The van der Waals surface area contributed by atoms with Gasteiger partial charge in [0.05, 0.1) is 48.4 Å². The normalized spacial score (nSPS) is 18.8. The van der Waals surface area contributed by atoms with Crippen LogP contribution in [0.1, 0.15) is 95.1 Å². The maximum Gasteiger partial charge on any atom is 0.416 e. The summed E-state index contributed by atoms with van der Waals surface area (Å²) in [5.74, 6) is 1.98. The van der Waals surface area contributed by atoms with Crippen LogP contribution in [0.25, 0.3) is 0 Å². The van der Waals surface area contributed by atoms with Gasteiger partial charge in [-0.25, -0.2) is 9.59 Å². The highest BCUT2D eigenvalue weighted by Gasteiger charge is 2.38. The van der Waals surface area contributed by atoms with E-state index in [1.54, 1.807) is 47.4 Å². The number of nitrogens with one attached hydrogen (secondary N) is 2. The van der Waals surface area contributed by atoms with E-state index in [-0.39, 0.29) is 49.0 Å². The van der Waals surface area contributed by atoms with E-state index >= 15 is 0 Å². The minimum absolute atomic E-state index is 0.0141. The fourth-order valence-corrected chi connectivity index (χ4v) is 9.31. The van der Waals surface area contributed by atoms with E-state index in [1.807, 2.05) is 48.5 Å². The molecular weight excluding hydrogens is 926 g/mol. The quantitative estimate of drug-likeness (QED) is 0.152. The highest BCUT2D eigenvalue weighted by molar-refractivity contribution is 6.30. The molecule has 4 aliphatic rings. The van der Waals surface area contributed by atoms with Crippen LogP contribution in [0.4, 0.5) is 34.1 Å². The minimum atomic E-state index is -4.46. The van der Waals surface area contributed by atoms with Crippen molar-refractivity contribution in [3.8, 4) is 11.5 Å². The Kier molecular flexibility index (Phi) is 13.5. The van der Waals surface area contributed by atoms with Crippen molar-refractivity contribution < 1.29 is 46.1 Å². The summed E-state index contributed by atoms with van der Waals surface area (Å²) < 4.78 is 61.4. The first kappa shape index (κ1) is 46.4. The molecule has 0 saturated carbocycles. The molecule has 0 aliphatic carbocycles. The van der Waals surface area contributed by atoms with Gasteiger partial charge in [-0.1, -0.05) is 63.8 Å². The Morgan fingerprint density at radius 2 is 1.32 bits per heavy atom. The minimum Gasteiger partial charge on any atom is -0.493 e. The summed E-state index contributed by atoms with van der Waals surface area (Å²) in [6, 6.07) is 22.4. The SMILES string of the molecule is CN1C(=O)COc2ccc(NC(=O)N3CCCC3c3oncc3Cc3ccc(Cl)cc3)cc21.O=C(N[C@H]1CCOc2cc(C(F)(F)F)ccc21)N1CCCC1c1oncc1Cc1ccc(Cl)cc1. The molecule has 2 saturated heterocycles. The summed E-state index contributed by atoms with van der Waals surface area (Å²) in [4.78, 5) is 43.4. The van der Waals surface area contributed by atoms with Crippen molar-refractivity contribution in [1.29, 1.82) is 0 Å². The van der Waals surface area contributed by atoms with Crippen LogP contribution in [-0.2, 0) is 23.8 Å². The molecule has 68 heavy (non-hydrogen) atoms. The number of rotatable bonds is 8. The van der Waals surface area contributed by atoms with E-state index in [0.29, 0.717) is 76.6 Å². The number of carbonyl (C=O) groups excluding carboxylic acids is 3. The van der Waals surface area contributed by atoms with Crippen LogP contribution in [-0.4, -0.2) is 71.4 Å². The first-order valence-corrected chi connectivity index (χ1v) is 22.9. The third-order valence-electron chi connectivity index (χ3n) is 12.6. The number of benzene rings is 4. The van der Waals surface area contributed by atoms with Crippen LogP contribution in [0.15, 0.2) is 106 Å². The number of likely N-dealkylation sites (N-methyl/N-ethyl adjacent to an activating group) is 1. The number of likely N-dealkylation sites (tertiary alicyclic amines) is 2. The Morgan fingerprint density at radius 1 is 0.735 bits per heavy atom. The summed E-state index contributed by atoms with van der Waals surface area (Å²) in [5.41, 5.74) is 4.97. The van der Waals surface area contributed by atoms with Gasteiger partial charge in [0, 0.05) is 71.8 Å². The molecule has 0 spiro atoms. The lowest BCUT2D eigenvalue weighted by Gasteiger charge is -2.31. The number of amides is 5. The van der Waals surface area contributed by atoms with Gasteiger partial charge in [0.1, 0.15) is 11.5 Å². The van der Waals surface area contributed by atoms with Crippen molar-refractivity contribution >= 4 is 52.5 Å². The van der Waals surface area contributed by atoms with Crippen LogP contribution >= 0.6 is 23.2 Å².